The minimum absolute atomic E-state index is 0.121. The third-order valence-electron chi connectivity index (χ3n) is 11.8. The van der Waals surface area contributed by atoms with Gasteiger partial charge < -0.3 is 9.47 Å². The summed E-state index contributed by atoms with van der Waals surface area (Å²) in [4.78, 5) is 3.83. The number of anilines is 3. The van der Waals surface area contributed by atoms with Gasteiger partial charge in [0, 0.05) is 48.5 Å². The molecule has 0 N–H and O–H groups in total. The van der Waals surface area contributed by atoms with Gasteiger partial charge in [0.05, 0.1) is 11.0 Å². The molecule has 56 heavy (non-hydrogen) atoms. The zero-order chi connectivity index (χ0) is 37.4. The third-order valence-corrected chi connectivity index (χ3v) is 13.0. The van der Waals surface area contributed by atoms with Crippen LogP contribution in [-0.4, -0.2) is 4.57 Å². The molecule has 0 aliphatic heterocycles. The monoisotopic (exact) mass is 734 g/mol. The lowest BCUT2D eigenvalue weighted by Crippen LogP contribution is -2.16. The first-order valence-electron chi connectivity index (χ1n) is 19.3. The van der Waals surface area contributed by atoms with E-state index in [9.17, 15) is 0 Å². The van der Waals surface area contributed by atoms with Crippen molar-refractivity contribution in [2.75, 3.05) is 4.90 Å². The van der Waals surface area contributed by atoms with E-state index >= 15 is 0 Å². The maximum absolute atomic E-state index is 2.44. The molecule has 11 rings (SSSR count). The zero-order valence-electron chi connectivity index (χ0n) is 31.3. The van der Waals surface area contributed by atoms with Crippen LogP contribution in [0.5, 0.6) is 0 Å². The molecule has 0 saturated carbocycles. The van der Waals surface area contributed by atoms with Crippen molar-refractivity contribution in [3.63, 3.8) is 0 Å². The van der Waals surface area contributed by atoms with Gasteiger partial charge in [-0.1, -0.05) is 135 Å². The SMILES string of the molecule is CC1(C)c2cc(N(c3ccc(-c4ccc5c(c4)c4ccccc4n5-c4ccccc4)cc3)c3cccc(-c4ccccc4)c3)ccc2-c2sc3ccccc3c21. The Morgan fingerprint density at radius 3 is 1.88 bits per heavy atom. The number of para-hydroxylation sites is 2. The van der Waals surface area contributed by atoms with Crippen molar-refractivity contribution in [2.24, 2.45) is 0 Å². The summed E-state index contributed by atoms with van der Waals surface area (Å²) in [7, 11) is 0. The fourth-order valence-electron chi connectivity index (χ4n) is 9.09. The van der Waals surface area contributed by atoms with Crippen LogP contribution in [0.15, 0.2) is 194 Å². The maximum Gasteiger partial charge on any atom is 0.0541 e. The number of aromatic nitrogens is 1. The van der Waals surface area contributed by atoms with Gasteiger partial charge >= 0.3 is 0 Å². The normalized spacial score (nSPS) is 13.0. The minimum atomic E-state index is -0.121. The fraction of sp³-hybridized carbons (Fsp3) is 0.0566. The van der Waals surface area contributed by atoms with E-state index in [4.69, 9.17) is 0 Å². The molecule has 8 aromatic carbocycles. The van der Waals surface area contributed by atoms with Gasteiger partial charge in [0.25, 0.3) is 0 Å². The van der Waals surface area contributed by atoms with Crippen LogP contribution in [0.3, 0.4) is 0 Å². The Morgan fingerprint density at radius 1 is 0.446 bits per heavy atom. The van der Waals surface area contributed by atoms with Crippen LogP contribution >= 0.6 is 11.3 Å². The summed E-state index contributed by atoms with van der Waals surface area (Å²) in [6, 6.07) is 71.0. The van der Waals surface area contributed by atoms with Gasteiger partial charge in [-0.25, -0.2) is 0 Å². The second kappa shape index (κ2) is 12.7. The van der Waals surface area contributed by atoms with Crippen molar-refractivity contribution < 1.29 is 0 Å². The van der Waals surface area contributed by atoms with Gasteiger partial charge in [-0.3, -0.25) is 0 Å². The molecule has 0 amide bonds. The zero-order valence-corrected chi connectivity index (χ0v) is 32.1. The van der Waals surface area contributed by atoms with E-state index in [1.165, 1.54) is 81.4 Å². The fourth-order valence-corrected chi connectivity index (χ4v) is 10.5. The molecule has 0 spiro atoms. The molecule has 2 aromatic heterocycles. The quantitative estimate of drug-likeness (QED) is 0.165. The van der Waals surface area contributed by atoms with E-state index in [0.29, 0.717) is 0 Å². The number of hydrogen-bond donors (Lipinski definition) is 0. The summed E-state index contributed by atoms with van der Waals surface area (Å²) in [6.07, 6.45) is 0. The molecule has 10 aromatic rings. The first kappa shape index (κ1) is 32.7. The molecular weight excluding hydrogens is 697 g/mol. The number of benzene rings is 8. The van der Waals surface area contributed by atoms with Gasteiger partial charge in [-0.15, -0.1) is 11.3 Å². The van der Waals surface area contributed by atoms with Crippen molar-refractivity contribution in [3.05, 3.63) is 205 Å². The Balaban J connectivity index is 1.03. The highest BCUT2D eigenvalue weighted by atomic mass is 32.1. The van der Waals surface area contributed by atoms with Gasteiger partial charge in [0.1, 0.15) is 0 Å². The Labute approximate surface area is 331 Å². The lowest BCUT2D eigenvalue weighted by atomic mass is 9.81. The standard InChI is InChI=1S/C53H38N2S/c1-53(2)47-34-42(29-30-44(47)52-51(53)45-21-10-12-23-50(45)56-52)54(41-19-13-16-37(32-41)35-14-5-3-6-15-35)40-27-24-36(25-28-40)38-26-31-49-46(33-38)43-20-9-11-22-48(43)55(49)39-17-7-4-8-18-39/h3-34H,1-2H3. The van der Waals surface area contributed by atoms with E-state index < -0.39 is 0 Å². The van der Waals surface area contributed by atoms with E-state index in [1.54, 1.807) is 0 Å². The summed E-state index contributed by atoms with van der Waals surface area (Å²) in [5.41, 5.74) is 15.9. The predicted molar refractivity (Wildman–Crippen MR) is 239 cm³/mol. The minimum Gasteiger partial charge on any atom is -0.310 e. The molecule has 0 unspecified atom stereocenters. The van der Waals surface area contributed by atoms with Crippen molar-refractivity contribution >= 4 is 60.3 Å². The summed E-state index contributed by atoms with van der Waals surface area (Å²) in [5, 5.41) is 3.89. The number of rotatable bonds is 6. The molecule has 1 aliphatic rings. The van der Waals surface area contributed by atoms with Crippen LogP contribution < -0.4 is 4.90 Å². The van der Waals surface area contributed by atoms with Crippen LogP contribution in [-0.2, 0) is 5.41 Å². The number of fused-ring (bicyclic) bond motifs is 8. The Morgan fingerprint density at radius 2 is 1.05 bits per heavy atom. The number of nitrogens with zero attached hydrogens (tertiary/aromatic N) is 2. The van der Waals surface area contributed by atoms with Crippen LogP contribution in [0.4, 0.5) is 17.1 Å². The lowest BCUT2D eigenvalue weighted by Gasteiger charge is -2.29. The van der Waals surface area contributed by atoms with Crippen LogP contribution in [0, 0.1) is 0 Å². The molecule has 0 radical (unpaired) electrons. The first-order valence-corrected chi connectivity index (χ1v) is 20.2. The first-order chi connectivity index (χ1) is 27.5. The molecule has 0 atom stereocenters. The van der Waals surface area contributed by atoms with E-state index in [1.807, 2.05) is 11.3 Å². The van der Waals surface area contributed by atoms with E-state index in [-0.39, 0.29) is 5.41 Å². The van der Waals surface area contributed by atoms with Crippen molar-refractivity contribution in [1.29, 1.82) is 0 Å². The van der Waals surface area contributed by atoms with Crippen LogP contribution in [0.1, 0.15) is 25.0 Å². The summed E-state index contributed by atoms with van der Waals surface area (Å²) >= 11 is 1.92. The van der Waals surface area contributed by atoms with Gasteiger partial charge in [-0.2, -0.15) is 0 Å². The molecule has 2 nitrogen and oxygen atoms in total. The molecule has 266 valence electrons. The third kappa shape index (κ3) is 5.08. The summed E-state index contributed by atoms with van der Waals surface area (Å²) in [6.45, 7) is 4.79. The van der Waals surface area contributed by atoms with Gasteiger partial charge in [-0.05, 0) is 117 Å². The molecule has 0 bridgehead atoms. The average molecular weight is 735 g/mol. The topological polar surface area (TPSA) is 8.17 Å². The maximum atomic E-state index is 2.44. The highest BCUT2D eigenvalue weighted by Crippen LogP contribution is 2.56. The van der Waals surface area contributed by atoms with E-state index in [0.717, 1.165) is 17.1 Å². The van der Waals surface area contributed by atoms with Crippen LogP contribution in [0.25, 0.3) is 70.3 Å². The summed E-state index contributed by atoms with van der Waals surface area (Å²) in [5.74, 6) is 0. The Kier molecular flexibility index (Phi) is 7.42. The van der Waals surface area contributed by atoms with Crippen LogP contribution in [0.2, 0.25) is 0 Å². The average Bonchev–Trinajstić information content (AvgIpc) is 3.88. The van der Waals surface area contributed by atoms with Gasteiger partial charge in [0.15, 0.2) is 0 Å². The highest BCUT2D eigenvalue weighted by Gasteiger charge is 2.39. The number of hydrogen-bond acceptors (Lipinski definition) is 2. The van der Waals surface area contributed by atoms with Crippen molar-refractivity contribution in [3.8, 4) is 38.4 Å². The molecule has 3 heteroatoms. The Hall–Kier alpha value is -6.68. The number of thiophene rings is 1. The lowest BCUT2D eigenvalue weighted by molar-refractivity contribution is 0.667. The molecule has 0 fully saturated rings. The Bertz CT molecular complexity index is 3100. The molecular formula is C53H38N2S. The predicted octanol–water partition coefficient (Wildman–Crippen LogP) is 15.1. The van der Waals surface area contributed by atoms with Crippen molar-refractivity contribution in [1.82, 2.24) is 4.57 Å². The second-order valence-corrected chi connectivity index (χ2v) is 16.4. The highest BCUT2D eigenvalue weighted by molar-refractivity contribution is 7.22. The largest absolute Gasteiger partial charge is 0.310 e. The van der Waals surface area contributed by atoms with Crippen molar-refractivity contribution in [2.45, 2.75) is 19.3 Å². The molecule has 2 heterocycles. The molecule has 1 aliphatic carbocycles. The second-order valence-electron chi connectivity index (χ2n) is 15.4. The summed E-state index contributed by atoms with van der Waals surface area (Å²) < 4.78 is 3.74. The molecule has 0 saturated heterocycles. The van der Waals surface area contributed by atoms with E-state index in [2.05, 4.69) is 217 Å². The smallest absolute Gasteiger partial charge is 0.0541 e. The van der Waals surface area contributed by atoms with Gasteiger partial charge in [0.2, 0.25) is 0 Å².